The zero-order chi connectivity index (χ0) is 14.6. The van der Waals surface area contributed by atoms with Crippen molar-refractivity contribution in [3.63, 3.8) is 0 Å². The van der Waals surface area contributed by atoms with Gasteiger partial charge in [-0.25, -0.2) is 4.79 Å². The fourth-order valence-electron chi connectivity index (χ4n) is 1.22. The van der Waals surface area contributed by atoms with E-state index < -0.39 is 35.2 Å². The number of carbonyl (C=O) groups excluding carboxylic acids is 2. The number of nitrogens with two attached hydrogens (primary N) is 1. The van der Waals surface area contributed by atoms with Crippen molar-refractivity contribution in [2.75, 3.05) is 11.9 Å². The van der Waals surface area contributed by atoms with E-state index in [1.165, 1.54) is 6.07 Å². The molecule has 1 aromatic rings. The van der Waals surface area contributed by atoms with E-state index in [-0.39, 0.29) is 5.69 Å². The third kappa shape index (κ3) is 4.66. The molecular formula is C10H9ClF3N3O2. The normalized spacial score (nSPS) is 10.9. The van der Waals surface area contributed by atoms with E-state index in [4.69, 9.17) is 17.3 Å². The second kappa shape index (κ2) is 5.79. The monoisotopic (exact) mass is 295 g/mol. The van der Waals surface area contributed by atoms with E-state index in [1.54, 1.807) is 5.32 Å². The van der Waals surface area contributed by atoms with Crippen LogP contribution in [0, 0.1) is 0 Å². The van der Waals surface area contributed by atoms with E-state index >= 15 is 0 Å². The van der Waals surface area contributed by atoms with Gasteiger partial charge in [-0.1, -0.05) is 11.6 Å². The molecule has 1 rings (SSSR count). The number of rotatable bonds is 3. The number of anilines is 1. The molecule has 0 aliphatic carbocycles. The lowest BCUT2D eigenvalue weighted by atomic mass is 10.2. The molecule has 19 heavy (non-hydrogen) atoms. The summed E-state index contributed by atoms with van der Waals surface area (Å²) < 4.78 is 37.6. The van der Waals surface area contributed by atoms with E-state index in [1.807, 2.05) is 0 Å². The number of hydrogen-bond donors (Lipinski definition) is 3. The average Bonchev–Trinajstić information content (AvgIpc) is 2.25. The molecule has 0 bridgehead atoms. The quantitative estimate of drug-likeness (QED) is 0.797. The Bertz CT molecular complexity index is 505. The lowest BCUT2D eigenvalue weighted by molar-refractivity contribution is -0.137. The maximum atomic E-state index is 12.5. The summed E-state index contributed by atoms with van der Waals surface area (Å²) in [7, 11) is 0. The van der Waals surface area contributed by atoms with Crippen LogP contribution < -0.4 is 16.4 Å². The standard InChI is InChI=1S/C10H9ClF3N3O2/c11-7-2-1-5(3-6(7)10(12,13)14)16-4-8(18)17-9(15)19/h1-3,16H,4H2,(H3,15,17,18,19). The predicted molar refractivity (Wildman–Crippen MR) is 62.7 cm³/mol. The largest absolute Gasteiger partial charge is 0.417 e. The molecule has 0 atom stereocenters. The Morgan fingerprint density at radius 1 is 1.32 bits per heavy atom. The molecule has 0 saturated carbocycles. The fraction of sp³-hybridized carbons (Fsp3) is 0.200. The van der Waals surface area contributed by atoms with Gasteiger partial charge in [0.1, 0.15) is 0 Å². The summed E-state index contributed by atoms with van der Waals surface area (Å²) in [4.78, 5) is 21.4. The molecule has 104 valence electrons. The maximum Gasteiger partial charge on any atom is 0.417 e. The van der Waals surface area contributed by atoms with Crippen molar-refractivity contribution in [1.82, 2.24) is 5.32 Å². The Hall–Kier alpha value is -1.96. The lowest BCUT2D eigenvalue weighted by Crippen LogP contribution is -2.38. The van der Waals surface area contributed by atoms with Gasteiger partial charge in [0.15, 0.2) is 0 Å². The molecule has 0 aliphatic rings. The number of benzene rings is 1. The first-order chi connectivity index (χ1) is 8.70. The van der Waals surface area contributed by atoms with Crippen molar-refractivity contribution in [2.45, 2.75) is 6.18 Å². The van der Waals surface area contributed by atoms with Crippen molar-refractivity contribution >= 4 is 29.2 Å². The Morgan fingerprint density at radius 3 is 2.47 bits per heavy atom. The van der Waals surface area contributed by atoms with Crippen LogP contribution in [0.25, 0.3) is 0 Å². The molecular weight excluding hydrogens is 287 g/mol. The zero-order valence-electron chi connectivity index (χ0n) is 9.34. The van der Waals surface area contributed by atoms with Crippen molar-refractivity contribution in [2.24, 2.45) is 5.73 Å². The van der Waals surface area contributed by atoms with Crippen LogP contribution in [0.2, 0.25) is 5.02 Å². The number of hydrogen-bond acceptors (Lipinski definition) is 3. The fourth-order valence-corrected chi connectivity index (χ4v) is 1.44. The molecule has 9 heteroatoms. The highest BCUT2D eigenvalue weighted by molar-refractivity contribution is 6.31. The highest BCUT2D eigenvalue weighted by atomic mass is 35.5. The smallest absolute Gasteiger partial charge is 0.376 e. The number of amides is 3. The van der Waals surface area contributed by atoms with E-state index in [0.29, 0.717) is 0 Å². The van der Waals surface area contributed by atoms with Gasteiger partial charge >= 0.3 is 12.2 Å². The second-order valence-electron chi connectivity index (χ2n) is 3.46. The Kier molecular flexibility index (Phi) is 4.60. The Labute approximate surface area is 110 Å². The van der Waals surface area contributed by atoms with Crippen LogP contribution in [-0.4, -0.2) is 18.5 Å². The lowest BCUT2D eigenvalue weighted by Gasteiger charge is -2.12. The van der Waals surface area contributed by atoms with Gasteiger partial charge in [0.2, 0.25) is 5.91 Å². The molecule has 0 spiro atoms. The van der Waals surface area contributed by atoms with Crippen molar-refractivity contribution in [1.29, 1.82) is 0 Å². The number of halogens is 4. The van der Waals surface area contributed by atoms with E-state index in [2.05, 4.69) is 5.32 Å². The number of urea groups is 1. The van der Waals surface area contributed by atoms with Gasteiger partial charge in [-0.05, 0) is 18.2 Å². The maximum absolute atomic E-state index is 12.5. The average molecular weight is 296 g/mol. The van der Waals surface area contributed by atoms with Crippen LogP contribution in [0.1, 0.15) is 5.56 Å². The van der Waals surface area contributed by atoms with Gasteiger partial charge in [0.25, 0.3) is 0 Å². The molecule has 0 saturated heterocycles. The number of carbonyl (C=O) groups is 2. The first-order valence-corrected chi connectivity index (χ1v) is 5.28. The highest BCUT2D eigenvalue weighted by Crippen LogP contribution is 2.36. The summed E-state index contributed by atoms with van der Waals surface area (Å²) in [6.45, 7) is -0.401. The summed E-state index contributed by atoms with van der Waals surface area (Å²) in [6, 6.07) is 2.05. The van der Waals surface area contributed by atoms with Crippen molar-refractivity contribution in [3.05, 3.63) is 28.8 Å². The summed E-state index contributed by atoms with van der Waals surface area (Å²) in [6.07, 6.45) is -4.59. The van der Waals surface area contributed by atoms with Crippen LogP contribution in [0.5, 0.6) is 0 Å². The molecule has 3 amide bonds. The molecule has 0 fully saturated rings. The van der Waals surface area contributed by atoms with Crippen LogP contribution in [0.3, 0.4) is 0 Å². The number of alkyl halides is 3. The summed E-state index contributed by atoms with van der Waals surface area (Å²) in [5.74, 6) is -0.768. The Balaban J connectivity index is 2.76. The van der Waals surface area contributed by atoms with Crippen LogP contribution in [0.15, 0.2) is 18.2 Å². The minimum Gasteiger partial charge on any atom is -0.376 e. The SMILES string of the molecule is NC(=O)NC(=O)CNc1ccc(Cl)c(C(F)(F)F)c1. The van der Waals surface area contributed by atoms with Crippen molar-refractivity contribution in [3.8, 4) is 0 Å². The minimum atomic E-state index is -4.59. The number of nitrogens with one attached hydrogen (secondary N) is 2. The highest BCUT2D eigenvalue weighted by Gasteiger charge is 2.33. The van der Waals surface area contributed by atoms with Gasteiger partial charge in [0, 0.05) is 5.69 Å². The van der Waals surface area contributed by atoms with Crippen LogP contribution in [-0.2, 0) is 11.0 Å². The van der Waals surface area contributed by atoms with Gasteiger partial charge in [-0.2, -0.15) is 13.2 Å². The van der Waals surface area contributed by atoms with E-state index in [9.17, 15) is 22.8 Å². The minimum absolute atomic E-state index is 0.0383. The molecule has 5 nitrogen and oxygen atoms in total. The van der Waals surface area contributed by atoms with Gasteiger partial charge < -0.3 is 11.1 Å². The van der Waals surface area contributed by atoms with Crippen molar-refractivity contribution < 1.29 is 22.8 Å². The molecule has 4 N–H and O–H groups in total. The third-order valence-corrected chi connectivity index (χ3v) is 2.32. The molecule has 1 aromatic carbocycles. The molecule has 0 radical (unpaired) electrons. The molecule has 0 unspecified atom stereocenters. The van der Waals surface area contributed by atoms with Gasteiger partial charge in [0.05, 0.1) is 17.1 Å². The van der Waals surface area contributed by atoms with Gasteiger partial charge in [-0.3, -0.25) is 10.1 Å². The first kappa shape index (κ1) is 15.1. The van der Waals surface area contributed by atoms with Crippen LogP contribution in [0.4, 0.5) is 23.7 Å². The molecule has 0 aromatic heterocycles. The second-order valence-corrected chi connectivity index (χ2v) is 3.87. The van der Waals surface area contributed by atoms with Crippen LogP contribution >= 0.6 is 11.6 Å². The van der Waals surface area contributed by atoms with E-state index in [0.717, 1.165) is 12.1 Å². The first-order valence-electron chi connectivity index (χ1n) is 4.90. The number of primary amides is 1. The zero-order valence-corrected chi connectivity index (χ0v) is 10.1. The van der Waals surface area contributed by atoms with Gasteiger partial charge in [-0.15, -0.1) is 0 Å². The summed E-state index contributed by atoms with van der Waals surface area (Å²) >= 11 is 5.42. The Morgan fingerprint density at radius 2 is 1.95 bits per heavy atom. The summed E-state index contributed by atoms with van der Waals surface area (Å²) in [5, 5.41) is 3.72. The predicted octanol–water partition coefficient (Wildman–Crippen LogP) is 1.97. The molecule has 0 aliphatic heterocycles. The number of imide groups is 1. The topological polar surface area (TPSA) is 84.2 Å². The molecule has 0 heterocycles. The summed E-state index contributed by atoms with van der Waals surface area (Å²) in [5.41, 5.74) is 3.72. The third-order valence-electron chi connectivity index (χ3n) is 1.99.